The Balaban J connectivity index is 1.99. The molecule has 0 unspecified atom stereocenters. The zero-order valence-electron chi connectivity index (χ0n) is 41.3. The largest absolute Gasteiger partial charge is 0.481 e. The van der Waals surface area contributed by atoms with E-state index in [9.17, 15) is 38.7 Å². The third-order valence-electron chi connectivity index (χ3n) is 12.1. The minimum Gasteiger partial charge on any atom is -0.481 e. The van der Waals surface area contributed by atoms with Crippen LogP contribution in [-0.2, 0) is 49.5 Å². The lowest BCUT2D eigenvalue weighted by molar-refractivity contribution is -0.147. The van der Waals surface area contributed by atoms with Gasteiger partial charge in [-0.2, -0.15) is 0 Å². The van der Waals surface area contributed by atoms with Crippen molar-refractivity contribution in [1.29, 1.82) is 0 Å². The van der Waals surface area contributed by atoms with E-state index in [4.69, 9.17) is 9.47 Å². The molecule has 0 saturated carbocycles. The summed E-state index contributed by atoms with van der Waals surface area (Å²) in [6.45, 7) is 8.98. The molecule has 0 aliphatic carbocycles. The van der Waals surface area contributed by atoms with Gasteiger partial charge in [-0.05, 0) is 36.8 Å². The quantitative estimate of drug-likeness (QED) is 0.0261. The lowest BCUT2D eigenvalue weighted by Gasteiger charge is -2.24. The van der Waals surface area contributed by atoms with Gasteiger partial charge in [0.1, 0.15) is 18.2 Å². The lowest BCUT2D eigenvalue weighted by atomic mass is 9.97. The Morgan fingerprint density at radius 2 is 1.33 bits per heavy atom. The third-order valence-corrected chi connectivity index (χ3v) is 12.1. The zero-order chi connectivity index (χ0) is 49.2. The fraction of sp³-hybridized carbons (Fsp3) is 0.706. The summed E-state index contributed by atoms with van der Waals surface area (Å²) in [6.07, 6.45) is 20.8. The molecule has 67 heavy (non-hydrogen) atoms. The fourth-order valence-electron chi connectivity index (χ4n) is 7.94. The second-order valence-electron chi connectivity index (χ2n) is 18.0. The van der Waals surface area contributed by atoms with Crippen LogP contribution in [0.3, 0.4) is 0 Å². The minimum absolute atomic E-state index is 0.0191. The maximum atomic E-state index is 13.5. The van der Waals surface area contributed by atoms with E-state index >= 15 is 0 Å². The van der Waals surface area contributed by atoms with Crippen LogP contribution in [0.1, 0.15) is 175 Å². The summed E-state index contributed by atoms with van der Waals surface area (Å²) >= 11 is 0. The molecule has 1 aromatic heterocycles. The Kier molecular flexibility index (Phi) is 30.5. The number of carboxylic acids is 1. The number of carboxylic acid groups (broad SMARTS) is 1. The number of rotatable bonds is 39. The highest BCUT2D eigenvalue weighted by atomic mass is 16.5. The average molecular weight is 941 g/mol. The number of carbonyl (C=O) groups is 7. The Morgan fingerprint density at radius 3 is 1.96 bits per heavy atom. The first-order valence-corrected chi connectivity index (χ1v) is 25.2. The Bertz CT molecular complexity index is 1770. The van der Waals surface area contributed by atoms with Crippen LogP contribution in [0.15, 0.2) is 30.5 Å². The molecule has 7 N–H and O–H groups in total. The van der Waals surface area contributed by atoms with Gasteiger partial charge in [0.2, 0.25) is 29.5 Å². The van der Waals surface area contributed by atoms with E-state index in [1.165, 1.54) is 51.9 Å². The second kappa shape index (κ2) is 35.2. The van der Waals surface area contributed by atoms with Crippen molar-refractivity contribution in [1.82, 2.24) is 31.6 Å². The molecule has 0 bridgehead atoms. The van der Waals surface area contributed by atoms with Crippen molar-refractivity contribution >= 4 is 52.4 Å². The molecule has 0 aliphatic rings. The normalized spacial score (nSPS) is 13.4. The number of unbranched alkanes of at least 4 members (excludes halogenated alkanes) is 14. The lowest BCUT2D eigenvalue weighted by Crippen LogP contribution is -2.55. The average Bonchev–Trinajstić information content (AvgIpc) is 3.70. The van der Waals surface area contributed by atoms with E-state index in [-0.39, 0.29) is 56.0 Å². The predicted octanol–water partition coefficient (Wildman–Crippen LogP) is 7.32. The number of esters is 1. The number of amides is 5. The molecule has 2 rings (SSSR count). The van der Waals surface area contributed by atoms with Crippen LogP contribution in [0, 0.1) is 5.92 Å². The molecule has 0 aliphatic heterocycles. The van der Waals surface area contributed by atoms with E-state index in [2.05, 4.69) is 45.4 Å². The van der Waals surface area contributed by atoms with E-state index in [0.717, 1.165) is 67.8 Å². The van der Waals surface area contributed by atoms with Crippen LogP contribution in [0.4, 0.5) is 0 Å². The highest BCUT2D eigenvalue weighted by Gasteiger charge is 2.29. The van der Waals surface area contributed by atoms with E-state index in [0.29, 0.717) is 32.1 Å². The van der Waals surface area contributed by atoms with E-state index in [1.54, 1.807) is 13.1 Å². The smallest absolute Gasteiger partial charge is 0.305 e. The van der Waals surface area contributed by atoms with Gasteiger partial charge in [0, 0.05) is 43.4 Å². The molecule has 0 fully saturated rings. The summed E-state index contributed by atoms with van der Waals surface area (Å²) in [5.41, 5.74) is 1.65. The van der Waals surface area contributed by atoms with Crippen LogP contribution in [0.25, 0.3) is 10.9 Å². The van der Waals surface area contributed by atoms with Crippen molar-refractivity contribution in [3.8, 4) is 0 Å². The molecule has 0 radical (unpaired) electrons. The molecule has 1 aromatic carbocycles. The molecule has 0 saturated heterocycles. The van der Waals surface area contributed by atoms with Gasteiger partial charge in [-0.3, -0.25) is 33.6 Å². The first-order valence-electron chi connectivity index (χ1n) is 25.2. The summed E-state index contributed by atoms with van der Waals surface area (Å²) < 4.78 is 11.5. The van der Waals surface area contributed by atoms with Crippen molar-refractivity contribution in [2.45, 2.75) is 200 Å². The monoisotopic (exact) mass is 941 g/mol. The van der Waals surface area contributed by atoms with Gasteiger partial charge in [0.15, 0.2) is 0 Å². The van der Waals surface area contributed by atoms with Gasteiger partial charge in [-0.15, -0.1) is 0 Å². The highest BCUT2D eigenvalue weighted by Crippen LogP contribution is 2.19. The summed E-state index contributed by atoms with van der Waals surface area (Å²) in [5, 5.41) is 23.9. The SMILES string of the molecule is CCCCCCCCCCCCCC(=O)N[C@@H](CNC(=O)[C@H](CC(=O)O)NC(=O)CNC(=O)[C@@H](NC(=O)Cc1c[nH]c2ccccc12)[C@@H](C)CC)COCC[C@@H](CCCCCCC)OC(C)=O. The summed E-state index contributed by atoms with van der Waals surface area (Å²) in [6, 6.07) is 4.42. The first kappa shape index (κ1) is 58.1. The van der Waals surface area contributed by atoms with Crippen molar-refractivity contribution in [3.63, 3.8) is 0 Å². The molecule has 2 aromatic rings. The van der Waals surface area contributed by atoms with Gasteiger partial charge in [0.25, 0.3) is 0 Å². The van der Waals surface area contributed by atoms with Crippen LogP contribution in [-0.4, -0.2) is 102 Å². The molecule has 5 amide bonds. The Hall–Kier alpha value is -4.99. The number of fused-ring (bicyclic) bond motifs is 1. The molecular formula is C51H84N6O10. The van der Waals surface area contributed by atoms with Gasteiger partial charge >= 0.3 is 11.9 Å². The molecule has 16 heteroatoms. The maximum Gasteiger partial charge on any atom is 0.305 e. The summed E-state index contributed by atoms with van der Waals surface area (Å²) in [5.74, 6) is -4.78. The van der Waals surface area contributed by atoms with Crippen molar-refractivity contribution in [2.24, 2.45) is 5.92 Å². The van der Waals surface area contributed by atoms with Crippen LogP contribution < -0.4 is 26.6 Å². The fourth-order valence-corrected chi connectivity index (χ4v) is 7.94. The van der Waals surface area contributed by atoms with Gasteiger partial charge in [-0.1, -0.05) is 142 Å². The topological polar surface area (TPSA) is 234 Å². The van der Waals surface area contributed by atoms with Gasteiger partial charge < -0.3 is 46.1 Å². The second-order valence-corrected chi connectivity index (χ2v) is 18.0. The molecule has 5 atom stereocenters. The molecule has 16 nitrogen and oxygen atoms in total. The van der Waals surface area contributed by atoms with Gasteiger partial charge in [0.05, 0.1) is 38.6 Å². The molecule has 378 valence electrons. The number of aromatic nitrogens is 1. The number of hydrogen-bond acceptors (Lipinski definition) is 9. The van der Waals surface area contributed by atoms with Crippen molar-refractivity contribution < 1.29 is 48.1 Å². The number of H-pyrrole nitrogens is 1. The minimum atomic E-state index is -1.50. The Morgan fingerprint density at radius 1 is 0.701 bits per heavy atom. The first-order chi connectivity index (χ1) is 32.3. The number of aromatic amines is 1. The summed E-state index contributed by atoms with van der Waals surface area (Å²) in [4.78, 5) is 92.9. The number of hydrogen-bond donors (Lipinski definition) is 7. The maximum absolute atomic E-state index is 13.5. The zero-order valence-corrected chi connectivity index (χ0v) is 41.3. The van der Waals surface area contributed by atoms with E-state index in [1.807, 2.05) is 31.2 Å². The van der Waals surface area contributed by atoms with Crippen LogP contribution in [0.5, 0.6) is 0 Å². The number of nitrogens with one attached hydrogen (secondary N) is 6. The molecule has 1 heterocycles. The number of aliphatic carboxylic acids is 1. The standard InChI is InChI=1S/C51H84N6O10/c1-6-9-11-13-14-15-16-17-18-20-22-28-45(59)55-40(36-66-30-29-41(67-38(5)58)25-21-19-12-10-7-2)34-53-50(64)44(32-48(62)63)56-47(61)35-54-51(65)49(37(4)8-3)57-46(60)31-39-33-52-43-27-24-23-26-42(39)43/h23-24,26-27,33,37,40-41,44,49,52H,6-22,25,28-32,34-36H2,1-5H3,(H,53,64)(H,54,65)(H,55,59)(H,56,61)(H,57,60)(H,62,63)/t37-,40-,41+,44-,49-/m0/s1. The van der Waals surface area contributed by atoms with Crippen molar-refractivity contribution in [3.05, 3.63) is 36.0 Å². The number of benzene rings is 1. The predicted molar refractivity (Wildman–Crippen MR) is 261 cm³/mol. The van der Waals surface area contributed by atoms with Crippen LogP contribution in [0.2, 0.25) is 0 Å². The number of para-hydroxylation sites is 1. The number of carbonyl (C=O) groups excluding carboxylic acids is 6. The summed E-state index contributed by atoms with van der Waals surface area (Å²) in [7, 11) is 0. The third kappa shape index (κ3) is 26.2. The van der Waals surface area contributed by atoms with Gasteiger partial charge in [-0.25, -0.2) is 0 Å². The van der Waals surface area contributed by atoms with Crippen LogP contribution >= 0.6 is 0 Å². The molecule has 0 spiro atoms. The van der Waals surface area contributed by atoms with Crippen molar-refractivity contribution in [2.75, 3.05) is 26.3 Å². The van der Waals surface area contributed by atoms with E-state index < -0.39 is 54.8 Å². The molecular weight excluding hydrogens is 857 g/mol. The Labute approximate surface area is 399 Å². The number of ether oxygens (including phenoxy) is 2. The highest BCUT2D eigenvalue weighted by molar-refractivity contribution is 5.95.